The average Bonchev–Trinajstić information content (AvgIpc) is 3.11. The highest BCUT2D eigenvalue weighted by Gasteiger charge is 2.15. The van der Waals surface area contributed by atoms with E-state index in [4.69, 9.17) is 8.94 Å². The highest BCUT2D eigenvalue weighted by atomic mass is 16.5. The molecule has 3 heterocycles. The maximum absolute atomic E-state index is 11.7. The topological polar surface area (TPSA) is 110 Å². The number of hydrogen-bond acceptors (Lipinski definition) is 6. The molecule has 8 heteroatoms. The molecule has 0 fully saturated rings. The molecule has 0 radical (unpaired) electrons. The third-order valence-electron chi connectivity index (χ3n) is 2.15. The summed E-state index contributed by atoms with van der Waals surface area (Å²) in [5.74, 6) is 0.666. The van der Waals surface area contributed by atoms with Crippen molar-refractivity contribution in [1.82, 2.24) is 20.3 Å². The first-order chi connectivity index (χ1) is 8.83. The number of carbonyl (C=O) groups excluding carboxylic acids is 1. The van der Waals surface area contributed by atoms with Crippen molar-refractivity contribution in [1.29, 1.82) is 0 Å². The van der Waals surface area contributed by atoms with Crippen molar-refractivity contribution in [2.45, 2.75) is 0 Å². The number of anilines is 1. The normalized spacial score (nSPS) is 10.4. The Kier molecular flexibility index (Phi) is 2.38. The molecule has 0 aromatic carbocycles. The zero-order valence-electron chi connectivity index (χ0n) is 8.95. The first kappa shape index (κ1) is 10.3. The third-order valence-corrected chi connectivity index (χ3v) is 2.15. The third kappa shape index (κ3) is 1.86. The summed E-state index contributed by atoms with van der Waals surface area (Å²) in [4.78, 5) is 15.5. The minimum absolute atomic E-state index is 0.123. The number of furan rings is 1. The Balaban J connectivity index is 1.79. The van der Waals surface area contributed by atoms with Crippen LogP contribution in [0.2, 0.25) is 0 Å². The maximum atomic E-state index is 11.7. The smallest absolute Gasteiger partial charge is 0.280 e. The lowest BCUT2D eigenvalue weighted by molar-refractivity contribution is 0.101. The van der Waals surface area contributed by atoms with E-state index in [0.29, 0.717) is 11.5 Å². The van der Waals surface area contributed by atoms with Crippen LogP contribution in [0.5, 0.6) is 0 Å². The molecule has 0 spiro atoms. The van der Waals surface area contributed by atoms with Gasteiger partial charge in [0, 0.05) is 6.07 Å². The van der Waals surface area contributed by atoms with Gasteiger partial charge < -0.3 is 8.94 Å². The number of aromatic nitrogens is 4. The van der Waals surface area contributed by atoms with E-state index in [1.165, 1.54) is 18.7 Å². The van der Waals surface area contributed by atoms with Gasteiger partial charge in [-0.3, -0.25) is 10.1 Å². The van der Waals surface area contributed by atoms with Crippen molar-refractivity contribution < 1.29 is 13.7 Å². The van der Waals surface area contributed by atoms with E-state index in [1.54, 1.807) is 12.1 Å². The van der Waals surface area contributed by atoms with Crippen molar-refractivity contribution in [2.24, 2.45) is 0 Å². The first-order valence-corrected chi connectivity index (χ1v) is 5.00. The number of aromatic amines is 1. The second kappa shape index (κ2) is 4.17. The van der Waals surface area contributed by atoms with Crippen molar-refractivity contribution in [3.63, 3.8) is 0 Å². The van der Waals surface area contributed by atoms with Crippen LogP contribution in [-0.2, 0) is 0 Å². The van der Waals surface area contributed by atoms with E-state index in [0.717, 1.165) is 0 Å². The molecule has 18 heavy (non-hydrogen) atoms. The van der Waals surface area contributed by atoms with Crippen LogP contribution in [0, 0.1) is 0 Å². The van der Waals surface area contributed by atoms with Crippen LogP contribution in [0.25, 0.3) is 11.5 Å². The molecule has 3 rings (SSSR count). The Morgan fingerprint density at radius 2 is 2.33 bits per heavy atom. The molecule has 1 amide bonds. The van der Waals surface area contributed by atoms with E-state index < -0.39 is 5.91 Å². The summed E-state index contributed by atoms with van der Waals surface area (Å²) in [5.41, 5.74) is 0.123. The van der Waals surface area contributed by atoms with Crippen LogP contribution in [0.4, 0.5) is 5.95 Å². The molecule has 0 saturated heterocycles. The Morgan fingerprint density at radius 1 is 1.39 bits per heavy atom. The Labute approximate surface area is 100.0 Å². The predicted octanol–water partition coefficient (Wildman–Crippen LogP) is 1.30. The van der Waals surface area contributed by atoms with Gasteiger partial charge in [0.1, 0.15) is 6.33 Å². The highest BCUT2D eigenvalue weighted by molar-refractivity contribution is 6.02. The molecule has 0 bridgehead atoms. The second-order valence-electron chi connectivity index (χ2n) is 3.34. The summed E-state index contributed by atoms with van der Waals surface area (Å²) in [7, 11) is 0. The molecule has 3 aromatic heterocycles. The van der Waals surface area contributed by atoms with Gasteiger partial charge in [0.25, 0.3) is 5.91 Å². The minimum Gasteiger partial charge on any atom is -0.461 e. The number of rotatable bonds is 3. The fourth-order valence-electron chi connectivity index (χ4n) is 1.35. The van der Waals surface area contributed by atoms with Crippen LogP contribution in [0.15, 0.2) is 39.7 Å². The summed E-state index contributed by atoms with van der Waals surface area (Å²) in [5, 5.41) is 12.2. The monoisotopic (exact) mass is 245 g/mol. The summed E-state index contributed by atoms with van der Waals surface area (Å²) >= 11 is 0. The Morgan fingerprint density at radius 3 is 3.06 bits per heavy atom. The van der Waals surface area contributed by atoms with Gasteiger partial charge in [-0.15, -0.1) is 0 Å². The van der Waals surface area contributed by atoms with E-state index in [1.807, 2.05) is 0 Å². The molecular weight excluding hydrogens is 238 g/mol. The molecule has 0 unspecified atom stereocenters. The van der Waals surface area contributed by atoms with Crippen molar-refractivity contribution in [3.05, 3.63) is 36.5 Å². The van der Waals surface area contributed by atoms with E-state index >= 15 is 0 Å². The van der Waals surface area contributed by atoms with Crippen molar-refractivity contribution >= 4 is 11.9 Å². The second-order valence-corrected chi connectivity index (χ2v) is 3.34. The summed E-state index contributed by atoms with van der Waals surface area (Å²) in [6.45, 7) is 0. The molecule has 8 nitrogen and oxygen atoms in total. The molecule has 90 valence electrons. The number of nitrogens with one attached hydrogen (secondary N) is 2. The maximum Gasteiger partial charge on any atom is 0.280 e. The fourth-order valence-corrected chi connectivity index (χ4v) is 1.35. The van der Waals surface area contributed by atoms with Crippen LogP contribution in [0.1, 0.15) is 10.5 Å². The number of amides is 1. The van der Waals surface area contributed by atoms with Crippen LogP contribution < -0.4 is 5.32 Å². The predicted molar refractivity (Wildman–Crippen MR) is 58.5 cm³/mol. The van der Waals surface area contributed by atoms with Gasteiger partial charge in [0.15, 0.2) is 11.5 Å². The molecule has 0 aliphatic heterocycles. The average molecular weight is 245 g/mol. The van der Waals surface area contributed by atoms with Gasteiger partial charge in [-0.25, -0.2) is 5.10 Å². The van der Waals surface area contributed by atoms with Gasteiger partial charge in [-0.05, 0) is 12.1 Å². The number of carbonyl (C=O) groups is 1. The van der Waals surface area contributed by atoms with E-state index in [2.05, 4.69) is 25.7 Å². The number of H-pyrrole nitrogens is 1. The Hall–Kier alpha value is -2.90. The lowest BCUT2D eigenvalue weighted by atomic mass is 10.3. The first-order valence-electron chi connectivity index (χ1n) is 5.00. The van der Waals surface area contributed by atoms with E-state index in [-0.39, 0.29) is 11.6 Å². The van der Waals surface area contributed by atoms with Crippen molar-refractivity contribution in [2.75, 3.05) is 5.32 Å². The van der Waals surface area contributed by atoms with Gasteiger partial charge >= 0.3 is 0 Å². The molecule has 2 N–H and O–H groups in total. The fraction of sp³-hybridized carbons (Fsp3) is 0. The molecule has 0 atom stereocenters. The van der Waals surface area contributed by atoms with Gasteiger partial charge in [0.2, 0.25) is 11.7 Å². The lowest BCUT2D eigenvalue weighted by Crippen LogP contribution is -2.13. The molecule has 0 aliphatic rings. The van der Waals surface area contributed by atoms with Gasteiger partial charge in [-0.2, -0.15) is 10.1 Å². The largest absolute Gasteiger partial charge is 0.461 e. The molecule has 0 saturated carbocycles. The highest BCUT2D eigenvalue weighted by Crippen LogP contribution is 2.20. The van der Waals surface area contributed by atoms with E-state index in [9.17, 15) is 4.79 Å². The zero-order chi connectivity index (χ0) is 12.4. The van der Waals surface area contributed by atoms with Gasteiger partial charge in [-0.1, -0.05) is 5.16 Å². The van der Waals surface area contributed by atoms with Crippen LogP contribution >= 0.6 is 0 Å². The van der Waals surface area contributed by atoms with Crippen LogP contribution in [-0.4, -0.2) is 26.2 Å². The zero-order valence-corrected chi connectivity index (χ0v) is 8.95. The lowest BCUT2D eigenvalue weighted by Gasteiger charge is -1.94. The summed E-state index contributed by atoms with van der Waals surface area (Å²) in [6.07, 6.45) is 2.79. The van der Waals surface area contributed by atoms with Crippen LogP contribution in [0.3, 0.4) is 0 Å². The Bertz CT molecular complexity index is 641. The van der Waals surface area contributed by atoms with Gasteiger partial charge in [0.05, 0.1) is 6.26 Å². The molecule has 0 aliphatic carbocycles. The quantitative estimate of drug-likeness (QED) is 0.719. The minimum atomic E-state index is -0.451. The number of nitrogens with zero attached hydrogens (tertiary/aromatic N) is 3. The summed E-state index contributed by atoms with van der Waals surface area (Å²) in [6, 6.07) is 4.90. The summed E-state index contributed by atoms with van der Waals surface area (Å²) < 4.78 is 10.1. The molecule has 3 aromatic rings. The number of hydrogen-bond donors (Lipinski definition) is 2. The van der Waals surface area contributed by atoms with Crippen molar-refractivity contribution in [3.8, 4) is 11.5 Å². The standard InChI is InChI=1S/C10H7N5O3/c16-9(13-10-11-5-12-14-10)6-4-8(18-15-6)7-2-1-3-17-7/h1-5H,(H2,11,12,13,14,16). The SMILES string of the molecule is O=C(Nc1ncn[nH]1)c1cc(-c2ccco2)on1. The molecular formula is C10H7N5O3.